The van der Waals surface area contributed by atoms with Crippen LogP contribution in [0.2, 0.25) is 0 Å². The lowest BCUT2D eigenvalue weighted by Gasteiger charge is -2.32. The maximum Gasteiger partial charge on any atom is 0.376 e. The lowest BCUT2D eigenvalue weighted by atomic mass is 9.89. The number of fused-ring (bicyclic) bond motifs is 2. The number of hydrogen-bond donors (Lipinski definition) is 0. The van der Waals surface area contributed by atoms with Gasteiger partial charge in [-0.2, -0.15) is 0 Å². The summed E-state index contributed by atoms with van der Waals surface area (Å²) in [5.41, 5.74) is 0.584. The van der Waals surface area contributed by atoms with E-state index in [0.29, 0.717) is 16.2 Å². The lowest BCUT2D eigenvalue weighted by Crippen LogP contribution is -2.49. The van der Waals surface area contributed by atoms with Gasteiger partial charge in [0.25, 0.3) is 11.8 Å². The van der Waals surface area contributed by atoms with Crippen LogP contribution in [-0.4, -0.2) is 34.4 Å². The van der Waals surface area contributed by atoms with Gasteiger partial charge in [-0.3, -0.25) is 9.59 Å². The highest BCUT2D eigenvalue weighted by Gasteiger charge is 2.48. The Balaban J connectivity index is 1.59. The predicted octanol–water partition coefficient (Wildman–Crippen LogP) is 2.22. The first-order valence-electron chi connectivity index (χ1n) is 8.33. The van der Waals surface area contributed by atoms with Crippen LogP contribution in [0.1, 0.15) is 49.1 Å². The molecule has 0 spiro atoms. The number of rotatable bonds is 2. The van der Waals surface area contributed by atoms with Crippen LogP contribution in [0.4, 0.5) is 0 Å². The molecule has 1 unspecified atom stereocenters. The third-order valence-electron chi connectivity index (χ3n) is 4.69. The summed E-state index contributed by atoms with van der Waals surface area (Å²) in [6, 6.07) is 11.4. The quantitative estimate of drug-likeness (QED) is 0.599. The van der Waals surface area contributed by atoms with E-state index in [1.807, 2.05) is 13.0 Å². The average Bonchev–Trinajstić information content (AvgIpc) is 2.88. The summed E-state index contributed by atoms with van der Waals surface area (Å²) >= 11 is 0. The maximum atomic E-state index is 12.7. The number of hydrogen-bond acceptors (Lipinski definition) is 6. The molecule has 0 saturated heterocycles. The Labute approximate surface area is 154 Å². The second-order valence-corrected chi connectivity index (χ2v) is 6.79. The summed E-state index contributed by atoms with van der Waals surface area (Å²) < 4.78 is 5.31. The number of aryl methyl sites for hydroxylation is 1. The van der Waals surface area contributed by atoms with E-state index in [1.54, 1.807) is 24.3 Å². The van der Waals surface area contributed by atoms with Crippen molar-refractivity contribution in [3.8, 4) is 0 Å². The number of carbonyl (C=O) groups excluding carboxylic acids is 4. The Morgan fingerprint density at radius 2 is 1.67 bits per heavy atom. The first-order valence-corrected chi connectivity index (χ1v) is 8.33. The largest absolute Gasteiger partial charge is 0.443 e. The van der Waals surface area contributed by atoms with Gasteiger partial charge < -0.3 is 9.57 Å². The van der Waals surface area contributed by atoms with Crippen LogP contribution in [0.25, 0.3) is 0 Å². The topological polar surface area (TPSA) is 90.0 Å². The summed E-state index contributed by atoms with van der Waals surface area (Å²) in [6.45, 7) is 3.24. The second-order valence-electron chi connectivity index (χ2n) is 6.79. The molecule has 136 valence electrons. The van der Waals surface area contributed by atoms with Gasteiger partial charge in [-0.15, -0.1) is 0 Å². The smallest absolute Gasteiger partial charge is 0.376 e. The van der Waals surface area contributed by atoms with Crippen molar-refractivity contribution in [3.05, 3.63) is 70.3 Å². The summed E-state index contributed by atoms with van der Waals surface area (Å²) in [7, 11) is 0. The molecule has 0 N–H and O–H groups in total. The van der Waals surface area contributed by atoms with E-state index in [0.717, 1.165) is 5.56 Å². The number of hydroxylamine groups is 2. The number of benzene rings is 2. The van der Waals surface area contributed by atoms with Crippen molar-refractivity contribution >= 4 is 23.8 Å². The average molecular weight is 365 g/mol. The number of ether oxygens (including phenoxy) is 1. The van der Waals surface area contributed by atoms with Gasteiger partial charge in [-0.05, 0) is 37.6 Å². The fraction of sp³-hybridized carbons (Fsp3) is 0.200. The molecule has 0 aromatic heterocycles. The van der Waals surface area contributed by atoms with Gasteiger partial charge in [0.1, 0.15) is 0 Å². The number of carbonyl (C=O) groups is 4. The Morgan fingerprint density at radius 3 is 2.30 bits per heavy atom. The third-order valence-corrected chi connectivity index (χ3v) is 4.69. The zero-order valence-corrected chi connectivity index (χ0v) is 14.6. The van der Waals surface area contributed by atoms with Crippen LogP contribution in [-0.2, 0) is 20.8 Å². The van der Waals surface area contributed by atoms with Gasteiger partial charge in [0.15, 0.2) is 0 Å². The highest BCUT2D eigenvalue weighted by Crippen LogP contribution is 2.31. The second kappa shape index (κ2) is 5.77. The summed E-state index contributed by atoms with van der Waals surface area (Å²) in [5.74, 6) is -3.10. The molecular formula is C20H15NO6. The Bertz CT molecular complexity index is 992. The minimum atomic E-state index is -1.64. The van der Waals surface area contributed by atoms with Crippen molar-refractivity contribution < 1.29 is 28.8 Å². The summed E-state index contributed by atoms with van der Waals surface area (Å²) in [5, 5.41) is 0.413. The third kappa shape index (κ3) is 2.59. The molecule has 0 fully saturated rings. The zero-order valence-electron chi connectivity index (χ0n) is 14.6. The van der Waals surface area contributed by atoms with E-state index in [2.05, 4.69) is 0 Å². The van der Waals surface area contributed by atoms with Crippen molar-refractivity contribution in [3.63, 3.8) is 0 Å². The molecular weight excluding hydrogens is 350 g/mol. The highest BCUT2D eigenvalue weighted by molar-refractivity contribution is 6.21. The molecule has 0 saturated carbocycles. The first kappa shape index (κ1) is 17.0. The van der Waals surface area contributed by atoms with Gasteiger partial charge in [-0.25, -0.2) is 9.59 Å². The lowest BCUT2D eigenvalue weighted by molar-refractivity contribution is -0.189. The number of cyclic esters (lactones) is 1. The van der Waals surface area contributed by atoms with Crippen molar-refractivity contribution in [1.82, 2.24) is 5.06 Å². The zero-order chi connectivity index (χ0) is 19.3. The van der Waals surface area contributed by atoms with Crippen molar-refractivity contribution in [2.45, 2.75) is 25.9 Å². The molecule has 0 radical (unpaired) electrons. The number of esters is 1. The molecule has 2 aliphatic rings. The van der Waals surface area contributed by atoms with Gasteiger partial charge in [0.2, 0.25) is 5.60 Å². The normalized spacial score (nSPS) is 20.8. The van der Waals surface area contributed by atoms with Crippen LogP contribution in [0.3, 0.4) is 0 Å². The molecule has 2 aromatic carbocycles. The molecule has 2 aliphatic heterocycles. The van der Waals surface area contributed by atoms with Crippen LogP contribution < -0.4 is 0 Å². The van der Waals surface area contributed by atoms with Crippen molar-refractivity contribution in [2.24, 2.45) is 0 Å². The van der Waals surface area contributed by atoms with E-state index >= 15 is 0 Å². The molecule has 2 amide bonds. The summed E-state index contributed by atoms with van der Waals surface area (Å²) in [6.07, 6.45) is 0.0797. The predicted molar refractivity (Wildman–Crippen MR) is 91.7 cm³/mol. The van der Waals surface area contributed by atoms with Crippen LogP contribution in [0.5, 0.6) is 0 Å². The number of nitrogens with zero attached hydrogens (tertiary/aromatic N) is 1. The molecule has 0 aliphatic carbocycles. The molecule has 0 bridgehead atoms. The van der Waals surface area contributed by atoms with E-state index in [9.17, 15) is 19.2 Å². The SMILES string of the molecule is Cc1ccc2c(c1)C(=O)OC(C)(C(=O)ON1C(=O)c3ccccc3C1=O)C2. The minimum absolute atomic E-state index is 0.0797. The van der Waals surface area contributed by atoms with Crippen LogP contribution in [0.15, 0.2) is 42.5 Å². The molecule has 4 rings (SSSR count). The Kier molecular flexibility index (Phi) is 3.62. The van der Waals surface area contributed by atoms with Crippen LogP contribution in [0, 0.1) is 6.92 Å². The van der Waals surface area contributed by atoms with Gasteiger partial charge in [0.05, 0.1) is 16.7 Å². The Morgan fingerprint density at radius 1 is 1.04 bits per heavy atom. The van der Waals surface area contributed by atoms with Crippen LogP contribution >= 0.6 is 0 Å². The maximum absolute atomic E-state index is 12.7. The first-order chi connectivity index (χ1) is 12.8. The van der Waals surface area contributed by atoms with Gasteiger partial charge in [-0.1, -0.05) is 34.9 Å². The van der Waals surface area contributed by atoms with Gasteiger partial charge in [0, 0.05) is 6.42 Å². The number of imide groups is 1. The standard InChI is InChI=1S/C20H15NO6/c1-11-7-8-12-10-20(2,26-18(24)15(12)9-11)19(25)27-21-16(22)13-5-3-4-6-14(13)17(21)23/h3-9H,10H2,1-2H3. The highest BCUT2D eigenvalue weighted by atomic mass is 16.7. The molecule has 2 heterocycles. The fourth-order valence-corrected chi connectivity index (χ4v) is 3.24. The van der Waals surface area contributed by atoms with E-state index in [1.165, 1.54) is 19.1 Å². The van der Waals surface area contributed by atoms with E-state index in [4.69, 9.17) is 9.57 Å². The Hall–Kier alpha value is -3.48. The molecule has 7 nitrogen and oxygen atoms in total. The van der Waals surface area contributed by atoms with E-state index in [-0.39, 0.29) is 17.5 Å². The fourth-order valence-electron chi connectivity index (χ4n) is 3.24. The monoisotopic (exact) mass is 365 g/mol. The number of amides is 2. The van der Waals surface area contributed by atoms with Crippen molar-refractivity contribution in [2.75, 3.05) is 0 Å². The van der Waals surface area contributed by atoms with Crippen molar-refractivity contribution in [1.29, 1.82) is 0 Å². The van der Waals surface area contributed by atoms with E-state index < -0.39 is 29.4 Å². The molecule has 7 heteroatoms. The summed E-state index contributed by atoms with van der Waals surface area (Å²) in [4.78, 5) is 54.8. The van der Waals surface area contributed by atoms with Gasteiger partial charge >= 0.3 is 11.9 Å². The molecule has 2 aromatic rings. The molecule has 1 atom stereocenters. The molecule has 27 heavy (non-hydrogen) atoms. The minimum Gasteiger partial charge on any atom is -0.443 e.